The standard InChI is InChI=1S/C14H21N5O2/c1-5-9-7-10(19(6-2)18-9)12(15)13-14(21-4)17-11(20-3)8-16-13/h7-8,12H,5-6,15H2,1-4H3. The Morgan fingerprint density at radius 3 is 2.62 bits per heavy atom. The van der Waals surface area contributed by atoms with E-state index in [1.54, 1.807) is 0 Å². The molecule has 0 bridgehead atoms. The second-order valence-electron chi connectivity index (χ2n) is 4.51. The van der Waals surface area contributed by atoms with Crippen LogP contribution >= 0.6 is 0 Å². The first-order valence-corrected chi connectivity index (χ1v) is 6.91. The number of aromatic nitrogens is 4. The summed E-state index contributed by atoms with van der Waals surface area (Å²) in [4.78, 5) is 8.55. The average molecular weight is 291 g/mol. The van der Waals surface area contributed by atoms with Crippen LogP contribution in [0.2, 0.25) is 0 Å². The molecule has 0 radical (unpaired) electrons. The summed E-state index contributed by atoms with van der Waals surface area (Å²) >= 11 is 0. The quantitative estimate of drug-likeness (QED) is 0.863. The van der Waals surface area contributed by atoms with Crippen LogP contribution in [0.1, 0.15) is 37.0 Å². The number of aryl methyl sites for hydroxylation is 2. The molecule has 2 N–H and O–H groups in total. The fourth-order valence-corrected chi connectivity index (χ4v) is 2.13. The molecule has 1 atom stereocenters. The molecule has 2 aromatic heterocycles. The minimum absolute atomic E-state index is 0.365. The fraction of sp³-hybridized carbons (Fsp3) is 0.500. The number of methoxy groups -OCH3 is 2. The van der Waals surface area contributed by atoms with Gasteiger partial charge in [-0.25, -0.2) is 4.98 Å². The van der Waals surface area contributed by atoms with Gasteiger partial charge in [0.2, 0.25) is 11.8 Å². The van der Waals surface area contributed by atoms with E-state index in [9.17, 15) is 0 Å². The van der Waals surface area contributed by atoms with E-state index in [0.29, 0.717) is 17.5 Å². The fourth-order valence-electron chi connectivity index (χ4n) is 2.13. The minimum Gasteiger partial charge on any atom is -0.480 e. The molecular formula is C14H21N5O2. The predicted molar refractivity (Wildman–Crippen MR) is 78.4 cm³/mol. The smallest absolute Gasteiger partial charge is 0.240 e. The minimum atomic E-state index is -0.453. The Morgan fingerprint density at radius 1 is 1.29 bits per heavy atom. The molecule has 0 aliphatic heterocycles. The van der Waals surface area contributed by atoms with Gasteiger partial charge in [0.25, 0.3) is 0 Å². The van der Waals surface area contributed by atoms with Crippen molar-refractivity contribution >= 4 is 0 Å². The maximum Gasteiger partial charge on any atom is 0.240 e. The molecule has 21 heavy (non-hydrogen) atoms. The van der Waals surface area contributed by atoms with Gasteiger partial charge in [-0.2, -0.15) is 10.1 Å². The van der Waals surface area contributed by atoms with Gasteiger partial charge in [-0.15, -0.1) is 0 Å². The average Bonchev–Trinajstić information content (AvgIpc) is 2.96. The van der Waals surface area contributed by atoms with Gasteiger partial charge in [-0.3, -0.25) is 4.68 Å². The molecule has 7 heteroatoms. The van der Waals surface area contributed by atoms with Gasteiger partial charge in [0.15, 0.2) is 0 Å². The van der Waals surface area contributed by atoms with Crippen LogP contribution in [0, 0.1) is 0 Å². The summed E-state index contributed by atoms with van der Waals surface area (Å²) in [6.45, 7) is 4.83. The molecular weight excluding hydrogens is 270 g/mol. The summed E-state index contributed by atoms with van der Waals surface area (Å²) in [7, 11) is 3.07. The van der Waals surface area contributed by atoms with Crippen LogP contribution in [0.25, 0.3) is 0 Å². The molecule has 0 fully saturated rings. The largest absolute Gasteiger partial charge is 0.480 e. The lowest BCUT2D eigenvalue weighted by atomic mass is 10.1. The molecule has 0 saturated heterocycles. The van der Waals surface area contributed by atoms with Crippen LogP contribution < -0.4 is 15.2 Å². The van der Waals surface area contributed by atoms with Crippen LogP contribution in [0.5, 0.6) is 11.8 Å². The van der Waals surface area contributed by atoms with Gasteiger partial charge in [-0.05, 0) is 19.4 Å². The van der Waals surface area contributed by atoms with Crippen LogP contribution in [-0.2, 0) is 13.0 Å². The maximum atomic E-state index is 6.34. The molecule has 2 heterocycles. The summed E-state index contributed by atoms with van der Waals surface area (Å²) in [6, 6.07) is 1.55. The first kappa shape index (κ1) is 15.2. The topological polar surface area (TPSA) is 88.1 Å². The zero-order valence-corrected chi connectivity index (χ0v) is 12.8. The number of hydrogen-bond donors (Lipinski definition) is 1. The Hall–Kier alpha value is -2.15. The Morgan fingerprint density at radius 2 is 2.05 bits per heavy atom. The van der Waals surface area contributed by atoms with Crippen LogP contribution in [0.4, 0.5) is 0 Å². The molecule has 0 spiro atoms. The molecule has 0 amide bonds. The summed E-state index contributed by atoms with van der Waals surface area (Å²) in [5.41, 5.74) is 8.81. The highest BCUT2D eigenvalue weighted by Crippen LogP contribution is 2.27. The summed E-state index contributed by atoms with van der Waals surface area (Å²) < 4.78 is 12.2. The van der Waals surface area contributed by atoms with Crippen molar-refractivity contribution in [3.63, 3.8) is 0 Å². The van der Waals surface area contributed by atoms with Crippen molar-refractivity contribution in [2.24, 2.45) is 5.73 Å². The highest BCUT2D eigenvalue weighted by molar-refractivity contribution is 5.32. The van der Waals surface area contributed by atoms with E-state index >= 15 is 0 Å². The van der Waals surface area contributed by atoms with Gasteiger partial charge in [0.1, 0.15) is 5.69 Å². The van der Waals surface area contributed by atoms with Crippen molar-refractivity contribution in [1.82, 2.24) is 19.7 Å². The molecule has 0 aliphatic rings. The lowest BCUT2D eigenvalue weighted by Crippen LogP contribution is -2.19. The van der Waals surface area contributed by atoms with Crippen molar-refractivity contribution in [1.29, 1.82) is 0 Å². The molecule has 2 rings (SSSR count). The van der Waals surface area contributed by atoms with Crippen LogP contribution in [-0.4, -0.2) is 34.0 Å². The van der Waals surface area contributed by atoms with Gasteiger partial charge in [0, 0.05) is 6.54 Å². The van der Waals surface area contributed by atoms with Crippen molar-refractivity contribution in [3.05, 3.63) is 29.3 Å². The first-order chi connectivity index (χ1) is 10.1. The molecule has 0 saturated carbocycles. The van der Waals surface area contributed by atoms with E-state index in [1.807, 2.05) is 17.7 Å². The van der Waals surface area contributed by atoms with Crippen LogP contribution in [0.3, 0.4) is 0 Å². The van der Waals surface area contributed by atoms with E-state index in [0.717, 1.165) is 24.4 Å². The van der Waals surface area contributed by atoms with E-state index in [4.69, 9.17) is 15.2 Å². The number of rotatable bonds is 6. The highest BCUT2D eigenvalue weighted by atomic mass is 16.5. The van der Waals surface area contributed by atoms with E-state index in [-0.39, 0.29) is 0 Å². The van der Waals surface area contributed by atoms with E-state index < -0.39 is 6.04 Å². The normalized spacial score (nSPS) is 12.2. The predicted octanol–water partition coefficient (Wildman–Crippen LogP) is 1.32. The Labute approximate surface area is 124 Å². The van der Waals surface area contributed by atoms with E-state index in [1.165, 1.54) is 20.4 Å². The first-order valence-electron chi connectivity index (χ1n) is 6.91. The molecule has 0 aromatic carbocycles. The van der Waals surface area contributed by atoms with Crippen LogP contribution in [0.15, 0.2) is 12.3 Å². The highest BCUT2D eigenvalue weighted by Gasteiger charge is 2.22. The van der Waals surface area contributed by atoms with Gasteiger partial charge >= 0.3 is 0 Å². The summed E-state index contributed by atoms with van der Waals surface area (Å²) in [6.07, 6.45) is 2.39. The van der Waals surface area contributed by atoms with Crippen molar-refractivity contribution in [3.8, 4) is 11.8 Å². The third kappa shape index (κ3) is 2.97. The Kier molecular flexibility index (Phi) is 4.74. The zero-order chi connectivity index (χ0) is 15.4. The molecule has 114 valence electrons. The number of nitrogens with two attached hydrogens (primary N) is 1. The van der Waals surface area contributed by atoms with Crippen molar-refractivity contribution < 1.29 is 9.47 Å². The Balaban J connectivity index is 2.43. The third-order valence-corrected chi connectivity index (χ3v) is 3.28. The summed E-state index contributed by atoms with van der Waals surface area (Å²) in [5, 5.41) is 4.51. The van der Waals surface area contributed by atoms with Gasteiger partial charge in [-0.1, -0.05) is 6.92 Å². The molecule has 7 nitrogen and oxygen atoms in total. The van der Waals surface area contributed by atoms with Gasteiger partial charge in [0.05, 0.1) is 37.8 Å². The summed E-state index contributed by atoms with van der Waals surface area (Å²) in [5.74, 6) is 0.754. The molecule has 2 aromatic rings. The molecule has 1 unspecified atom stereocenters. The number of nitrogens with zero attached hydrogens (tertiary/aromatic N) is 4. The second kappa shape index (κ2) is 6.53. The third-order valence-electron chi connectivity index (χ3n) is 3.28. The van der Waals surface area contributed by atoms with Gasteiger partial charge < -0.3 is 15.2 Å². The number of hydrogen-bond acceptors (Lipinski definition) is 6. The van der Waals surface area contributed by atoms with Crippen molar-refractivity contribution in [2.75, 3.05) is 14.2 Å². The lowest BCUT2D eigenvalue weighted by Gasteiger charge is -2.15. The van der Waals surface area contributed by atoms with Crippen molar-refractivity contribution in [2.45, 2.75) is 32.9 Å². The van der Waals surface area contributed by atoms with E-state index in [2.05, 4.69) is 22.0 Å². The lowest BCUT2D eigenvalue weighted by molar-refractivity contribution is 0.354. The monoisotopic (exact) mass is 291 g/mol. The maximum absolute atomic E-state index is 6.34. The zero-order valence-electron chi connectivity index (χ0n) is 12.8. The second-order valence-corrected chi connectivity index (χ2v) is 4.51. The number of ether oxygens (including phenoxy) is 2. The molecule has 0 aliphatic carbocycles. The Bertz CT molecular complexity index is 611. The SMILES string of the molecule is CCc1cc(C(N)c2ncc(OC)nc2OC)n(CC)n1.